The molecule has 5 heteroatoms. The van der Waals surface area contributed by atoms with E-state index in [9.17, 15) is 17.6 Å². The van der Waals surface area contributed by atoms with Gasteiger partial charge in [0, 0.05) is 5.92 Å². The van der Waals surface area contributed by atoms with E-state index in [-0.39, 0.29) is 11.7 Å². The summed E-state index contributed by atoms with van der Waals surface area (Å²) in [6, 6.07) is 3.13. The zero-order chi connectivity index (χ0) is 18.9. The van der Waals surface area contributed by atoms with Gasteiger partial charge in [-0.05, 0) is 87.7 Å². The van der Waals surface area contributed by atoms with Gasteiger partial charge in [0.1, 0.15) is 0 Å². The molecule has 2 fully saturated rings. The summed E-state index contributed by atoms with van der Waals surface area (Å²) in [7, 11) is 1.33. The number of hydrogen-bond donors (Lipinski definition) is 0. The molecule has 0 bridgehead atoms. The van der Waals surface area contributed by atoms with E-state index < -0.39 is 23.5 Å². The van der Waals surface area contributed by atoms with Gasteiger partial charge in [-0.3, -0.25) is 0 Å². The van der Waals surface area contributed by atoms with Crippen LogP contribution in [-0.4, -0.2) is 13.0 Å². The van der Waals surface area contributed by atoms with E-state index in [1.165, 1.54) is 13.2 Å². The van der Waals surface area contributed by atoms with Crippen LogP contribution in [0.4, 0.5) is 17.6 Å². The summed E-state index contributed by atoms with van der Waals surface area (Å²) in [5.74, 6) is -3.75. The van der Waals surface area contributed by atoms with E-state index in [1.807, 2.05) is 0 Å². The first-order chi connectivity index (χ1) is 12.3. The van der Waals surface area contributed by atoms with Crippen molar-refractivity contribution in [2.45, 2.75) is 70.1 Å². The van der Waals surface area contributed by atoms with Gasteiger partial charge in [-0.1, -0.05) is 6.07 Å². The molecule has 2 saturated carbocycles. The van der Waals surface area contributed by atoms with Gasteiger partial charge in [0.2, 0.25) is 11.7 Å². The molecule has 0 radical (unpaired) electrons. The summed E-state index contributed by atoms with van der Waals surface area (Å²) in [5.41, 5.74) is 0.441. The summed E-state index contributed by atoms with van der Waals surface area (Å²) in [4.78, 5) is 0. The van der Waals surface area contributed by atoms with Crippen LogP contribution in [0.15, 0.2) is 12.1 Å². The molecular formula is C21H28F4O. The van der Waals surface area contributed by atoms with Crippen molar-refractivity contribution in [3.8, 4) is 5.75 Å². The van der Waals surface area contributed by atoms with E-state index in [4.69, 9.17) is 4.74 Å². The maximum Gasteiger partial charge on any atom is 0.248 e. The van der Waals surface area contributed by atoms with Crippen LogP contribution >= 0.6 is 0 Å². The van der Waals surface area contributed by atoms with Crippen molar-refractivity contribution < 1.29 is 22.3 Å². The lowest BCUT2D eigenvalue weighted by atomic mass is 9.67. The van der Waals surface area contributed by atoms with Gasteiger partial charge >= 0.3 is 0 Å². The highest BCUT2D eigenvalue weighted by molar-refractivity contribution is 5.33. The predicted molar refractivity (Wildman–Crippen MR) is 93.7 cm³/mol. The lowest BCUT2D eigenvalue weighted by Crippen LogP contribution is -2.32. The number of benzene rings is 1. The van der Waals surface area contributed by atoms with Gasteiger partial charge in [0.25, 0.3) is 0 Å². The van der Waals surface area contributed by atoms with E-state index in [0.717, 1.165) is 45.4 Å². The second-order valence-electron chi connectivity index (χ2n) is 8.16. The van der Waals surface area contributed by atoms with Crippen LogP contribution in [0.5, 0.6) is 5.75 Å². The molecular weight excluding hydrogens is 344 g/mol. The minimum absolute atomic E-state index is 0.0305. The Labute approximate surface area is 153 Å². The van der Waals surface area contributed by atoms with Gasteiger partial charge in [0.15, 0.2) is 11.6 Å². The fraction of sp³-hybridized carbons (Fsp3) is 0.714. The van der Waals surface area contributed by atoms with Crippen LogP contribution in [-0.2, 0) is 0 Å². The number of methoxy groups -OCH3 is 1. The predicted octanol–water partition coefficient (Wildman–Crippen LogP) is 6.71. The van der Waals surface area contributed by atoms with Crippen LogP contribution in [0.3, 0.4) is 0 Å². The average molecular weight is 372 g/mol. The van der Waals surface area contributed by atoms with E-state index in [0.29, 0.717) is 30.2 Å². The Kier molecular flexibility index (Phi) is 5.83. The zero-order valence-corrected chi connectivity index (χ0v) is 15.5. The smallest absolute Gasteiger partial charge is 0.248 e. The molecule has 26 heavy (non-hydrogen) atoms. The van der Waals surface area contributed by atoms with Crippen molar-refractivity contribution in [1.29, 1.82) is 0 Å². The third-order valence-corrected chi connectivity index (χ3v) is 6.66. The summed E-state index contributed by atoms with van der Waals surface area (Å²) >= 11 is 0. The average Bonchev–Trinajstić information content (AvgIpc) is 2.63. The zero-order valence-electron chi connectivity index (χ0n) is 15.5. The molecule has 1 nitrogen and oxygen atoms in total. The Morgan fingerprint density at radius 3 is 1.88 bits per heavy atom. The van der Waals surface area contributed by atoms with Crippen LogP contribution in [0, 0.1) is 29.4 Å². The lowest BCUT2D eigenvalue weighted by molar-refractivity contribution is -0.0616. The molecule has 1 aromatic rings. The SMILES string of the molecule is COc1ccc(C2CCC(C3CCC(C(C)(F)F)CC3)CC2)c(F)c1F. The van der Waals surface area contributed by atoms with E-state index in [1.54, 1.807) is 6.07 Å². The fourth-order valence-electron chi connectivity index (χ4n) is 5.02. The summed E-state index contributed by atoms with van der Waals surface area (Å²) in [5, 5.41) is 0. The molecule has 0 aromatic heterocycles. The molecule has 3 rings (SSSR count). The summed E-state index contributed by atoms with van der Waals surface area (Å²) in [6.07, 6.45) is 6.54. The van der Waals surface area contributed by atoms with E-state index >= 15 is 0 Å². The Morgan fingerprint density at radius 1 is 0.846 bits per heavy atom. The Morgan fingerprint density at radius 2 is 1.38 bits per heavy atom. The van der Waals surface area contributed by atoms with Crippen molar-refractivity contribution in [2.24, 2.45) is 17.8 Å². The first-order valence-corrected chi connectivity index (χ1v) is 9.71. The topological polar surface area (TPSA) is 9.23 Å². The molecule has 146 valence electrons. The maximum atomic E-state index is 14.3. The normalized spacial score (nSPS) is 30.2. The fourth-order valence-corrected chi connectivity index (χ4v) is 5.02. The van der Waals surface area contributed by atoms with Gasteiger partial charge in [-0.15, -0.1) is 0 Å². The minimum Gasteiger partial charge on any atom is -0.494 e. The van der Waals surface area contributed by atoms with Gasteiger partial charge in [-0.2, -0.15) is 4.39 Å². The molecule has 0 aliphatic heterocycles. The molecule has 0 spiro atoms. The molecule has 0 N–H and O–H groups in total. The van der Waals surface area contributed by atoms with Crippen LogP contribution in [0.2, 0.25) is 0 Å². The highest BCUT2D eigenvalue weighted by atomic mass is 19.3. The number of ether oxygens (including phenoxy) is 1. The lowest BCUT2D eigenvalue weighted by Gasteiger charge is -2.39. The van der Waals surface area contributed by atoms with Crippen molar-refractivity contribution in [3.05, 3.63) is 29.3 Å². The monoisotopic (exact) mass is 372 g/mol. The summed E-state index contributed by atoms with van der Waals surface area (Å²) in [6.45, 7) is 1.03. The number of rotatable bonds is 4. The third kappa shape index (κ3) is 4.01. The molecule has 1 aromatic carbocycles. The quantitative estimate of drug-likeness (QED) is 0.534. The highest BCUT2D eigenvalue weighted by Gasteiger charge is 2.39. The number of hydrogen-bond acceptors (Lipinski definition) is 1. The first-order valence-electron chi connectivity index (χ1n) is 9.71. The van der Waals surface area contributed by atoms with Crippen molar-refractivity contribution in [2.75, 3.05) is 7.11 Å². The molecule has 0 unspecified atom stereocenters. The molecule has 2 aliphatic carbocycles. The van der Waals surface area contributed by atoms with Gasteiger partial charge < -0.3 is 4.74 Å². The van der Waals surface area contributed by atoms with Crippen molar-refractivity contribution in [3.63, 3.8) is 0 Å². The molecule has 0 heterocycles. The molecule has 0 saturated heterocycles. The number of halogens is 4. The molecule has 2 aliphatic rings. The third-order valence-electron chi connectivity index (χ3n) is 6.66. The van der Waals surface area contributed by atoms with Crippen molar-refractivity contribution in [1.82, 2.24) is 0 Å². The molecule has 0 amide bonds. The number of alkyl halides is 2. The Balaban J connectivity index is 1.56. The maximum absolute atomic E-state index is 14.3. The van der Waals surface area contributed by atoms with Gasteiger partial charge in [0.05, 0.1) is 7.11 Å². The summed E-state index contributed by atoms with van der Waals surface area (Å²) < 4.78 is 60.0. The molecule has 0 atom stereocenters. The minimum atomic E-state index is -2.57. The largest absolute Gasteiger partial charge is 0.494 e. The first kappa shape index (κ1) is 19.5. The van der Waals surface area contributed by atoms with Crippen LogP contribution in [0.1, 0.15) is 69.8 Å². The van der Waals surface area contributed by atoms with Crippen LogP contribution in [0.25, 0.3) is 0 Å². The Bertz CT molecular complexity index is 609. The second kappa shape index (κ2) is 7.77. The standard InChI is InChI=1S/C21H28F4O/c1-21(24,25)16-9-7-14(8-10-16)13-3-5-15(6-4-13)17-11-12-18(26-2)20(23)19(17)22/h11-16H,3-10H2,1-2H3. The second-order valence-corrected chi connectivity index (χ2v) is 8.16. The van der Waals surface area contributed by atoms with Crippen molar-refractivity contribution >= 4 is 0 Å². The Hall–Kier alpha value is -1.26. The van der Waals surface area contributed by atoms with E-state index in [2.05, 4.69) is 0 Å². The van der Waals surface area contributed by atoms with Gasteiger partial charge in [-0.25, -0.2) is 13.2 Å². The van der Waals surface area contributed by atoms with Crippen LogP contribution < -0.4 is 4.74 Å². The highest BCUT2D eigenvalue weighted by Crippen LogP contribution is 2.46.